The Morgan fingerprint density at radius 3 is 2.55 bits per heavy atom. The van der Waals surface area contributed by atoms with Crippen LogP contribution in [0.3, 0.4) is 0 Å². The van der Waals surface area contributed by atoms with Crippen LogP contribution in [0.2, 0.25) is 0 Å². The topological polar surface area (TPSA) is 29.5 Å². The van der Waals surface area contributed by atoms with E-state index in [4.69, 9.17) is 4.74 Å². The zero-order valence-electron chi connectivity index (χ0n) is 12.8. The molecule has 1 amide bonds. The van der Waals surface area contributed by atoms with Crippen molar-refractivity contribution < 1.29 is 9.53 Å². The second-order valence-corrected chi connectivity index (χ2v) is 7.03. The lowest BCUT2D eigenvalue weighted by molar-refractivity contribution is 0.0241. The molecule has 0 saturated heterocycles. The van der Waals surface area contributed by atoms with Crippen molar-refractivity contribution in [2.24, 2.45) is 0 Å². The molecule has 3 nitrogen and oxygen atoms in total. The van der Waals surface area contributed by atoms with Crippen molar-refractivity contribution in [3.63, 3.8) is 0 Å². The number of nitrogens with zero attached hydrogens (tertiary/aromatic N) is 1. The summed E-state index contributed by atoms with van der Waals surface area (Å²) in [5, 5.41) is 0. The number of hydrogen-bond acceptors (Lipinski definition) is 2. The van der Waals surface area contributed by atoms with Gasteiger partial charge in [-0.25, -0.2) is 4.79 Å². The number of benzene rings is 1. The van der Waals surface area contributed by atoms with E-state index in [0.717, 1.165) is 5.92 Å². The fourth-order valence-electron chi connectivity index (χ4n) is 2.94. The van der Waals surface area contributed by atoms with E-state index in [1.54, 1.807) is 4.90 Å². The third kappa shape index (κ3) is 2.54. The number of fused-ring (bicyclic) bond motifs is 1. The molecule has 1 aliphatic heterocycles. The van der Waals surface area contributed by atoms with Gasteiger partial charge in [-0.2, -0.15) is 0 Å². The van der Waals surface area contributed by atoms with Gasteiger partial charge in [-0.1, -0.05) is 12.1 Å². The van der Waals surface area contributed by atoms with E-state index in [-0.39, 0.29) is 6.09 Å². The summed E-state index contributed by atoms with van der Waals surface area (Å²) in [6, 6.07) is 4.45. The van der Waals surface area contributed by atoms with Gasteiger partial charge in [0.2, 0.25) is 0 Å². The van der Waals surface area contributed by atoms with Crippen molar-refractivity contribution in [1.82, 2.24) is 4.90 Å². The Kier molecular flexibility index (Phi) is 3.03. The molecule has 1 saturated carbocycles. The maximum atomic E-state index is 12.2. The van der Waals surface area contributed by atoms with Crippen LogP contribution in [0.4, 0.5) is 4.79 Å². The zero-order chi connectivity index (χ0) is 14.5. The van der Waals surface area contributed by atoms with Gasteiger partial charge in [-0.05, 0) is 68.7 Å². The number of rotatable bonds is 1. The molecule has 0 atom stereocenters. The van der Waals surface area contributed by atoms with E-state index in [0.29, 0.717) is 13.1 Å². The van der Waals surface area contributed by atoms with Crippen LogP contribution < -0.4 is 0 Å². The number of amides is 1. The Morgan fingerprint density at radius 2 is 1.95 bits per heavy atom. The van der Waals surface area contributed by atoms with Gasteiger partial charge >= 0.3 is 6.09 Å². The van der Waals surface area contributed by atoms with Gasteiger partial charge in [-0.3, -0.25) is 4.90 Å². The highest BCUT2D eigenvalue weighted by molar-refractivity contribution is 5.69. The van der Waals surface area contributed by atoms with Gasteiger partial charge in [0.1, 0.15) is 5.60 Å². The summed E-state index contributed by atoms with van der Waals surface area (Å²) in [4.78, 5) is 14.0. The summed E-state index contributed by atoms with van der Waals surface area (Å²) in [6.45, 7) is 9.29. The lowest BCUT2D eigenvalue weighted by Gasteiger charge is -2.24. The summed E-state index contributed by atoms with van der Waals surface area (Å²) in [5.74, 6) is 0.760. The number of carbonyl (C=O) groups excluding carboxylic acids is 1. The lowest BCUT2D eigenvalue weighted by atomic mass is 9.96. The zero-order valence-corrected chi connectivity index (χ0v) is 12.8. The second kappa shape index (κ2) is 4.51. The number of hydrogen-bond donors (Lipinski definition) is 0. The number of carbonyl (C=O) groups is 1. The Morgan fingerprint density at radius 1 is 1.25 bits per heavy atom. The number of ether oxygens (including phenoxy) is 1. The van der Waals surface area contributed by atoms with Crippen LogP contribution in [0.25, 0.3) is 0 Å². The van der Waals surface area contributed by atoms with Gasteiger partial charge in [0, 0.05) is 13.1 Å². The third-order valence-electron chi connectivity index (χ3n) is 4.12. The molecule has 2 aliphatic rings. The Labute approximate surface area is 120 Å². The van der Waals surface area contributed by atoms with E-state index in [9.17, 15) is 4.79 Å². The van der Waals surface area contributed by atoms with E-state index < -0.39 is 5.60 Å². The first kappa shape index (κ1) is 13.5. The molecule has 0 unspecified atom stereocenters. The predicted octanol–water partition coefficient (Wildman–Crippen LogP) is 4.12. The molecule has 1 heterocycles. The molecule has 1 aromatic carbocycles. The van der Waals surface area contributed by atoms with E-state index in [1.165, 1.54) is 35.1 Å². The summed E-state index contributed by atoms with van der Waals surface area (Å²) in [7, 11) is 0. The molecular weight excluding hydrogens is 250 g/mol. The molecule has 0 N–H and O–H groups in total. The van der Waals surface area contributed by atoms with Gasteiger partial charge in [-0.15, -0.1) is 0 Å². The fraction of sp³-hybridized carbons (Fsp3) is 0.588. The van der Waals surface area contributed by atoms with Gasteiger partial charge < -0.3 is 4.74 Å². The van der Waals surface area contributed by atoms with Gasteiger partial charge in [0.25, 0.3) is 0 Å². The molecule has 1 fully saturated rings. The first-order chi connectivity index (χ1) is 9.35. The Balaban J connectivity index is 1.78. The van der Waals surface area contributed by atoms with E-state index in [2.05, 4.69) is 19.1 Å². The monoisotopic (exact) mass is 273 g/mol. The fourth-order valence-corrected chi connectivity index (χ4v) is 2.94. The average Bonchev–Trinajstić information content (AvgIpc) is 3.05. The summed E-state index contributed by atoms with van der Waals surface area (Å²) < 4.78 is 5.47. The largest absolute Gasteiger partial charge is 0.444 e. The molecule has 0 aromatic heterocycles. The van der Waals surface area contributed by atoms with E-state index in [1.807, 2.05) is 20.8 Å². The van der Waals surface area contributed by atoms with Crippen molar-refractivity contribution in [1.29, 1.82) is 0 Å². The molecule has 0 radical (unpaired) electrons. The van der Waals surface area contributed by atoms with Crippen LogP contribution in [0, 0.1) is 6.92 Å². The molecule has 108 valence electrons. The maximum absolute atomic E-state index is 12.2. The van der Waals surface area contributed by atoms with Crippen LogP contribution in [-0.2, 0) is 17.8 Å². The van der Waals surface area contributed by atoms with Crippen LogP contribution >= 0.6 is 0 Å². The Hall–Kier alpha value is -1.51. The first-order valence-corrected chi connectivity index (χ1v) is 7.44. The molecule has 1 aliphatic carbocycles. The predicted molar refractivity (Wildman–Crippen MR) is 78.6 cm³/mol. The third-order valence-corrected chi connectivity index (χ3v) is 4.12. The van der Waals surface area contributed by atoms with Crippen molar-refractivity contribution in [2.45, 2.75) is 65.1 Å². The minimum atomic E-state index is -0.430. The highest BCUT2D eigenvalue weighted by atomic mass is 16.6. The van der Waals surface area contributed by atoms with Crippen molar-refractivity contribution in [3.8, 4) is 0 Å². The minimum Gasteiger partial charge on any atom is -0.444 e. The summed E-state index contributed by atoms with van der Waals surface area (Å²) in [5.41, 5.74) is 5.05. The van der Waals surface area contributed by atoms with Crippen molar-refractivity contribution in [3.05, 3.63) is 34.4 Å². The summed E-state index contributed by atoms with van der Waals surface area (Å²) in [6.07, 6.45) is 2.42. The van der Waals surface area contributed by atoms with Crippen LogP contribution in [0.5, 0.6) is 0 Å². The van der Waals surface area contributed by atoms with Gasteiger partial charge in [0.05, 0.1) is 0 Å². The Bertz CT molecular complexity index is 553. The SMILES string of the molecule is Cc1c(C2CC2)ccc2c1CN(C(=O)OC(C)(C)C)C2. The second-order valence-electron chi connectivity index (χ2n) is 7.03. The molecular formula is C17H23NO2. The minimum absolute atomic E-state index is 0.207. The van der Waals surface area contributed by atoms with Crippen molar-refractivity contribution in [2.75, 3.05) is 0 Å². The average molecular weight is 273 g/mol. The van der Waals surface area contributed by atoms with Gasteiger partial charge in [0.15, 0.2) is 0 Å². The normalized spacial score (nSPS) is 18.1. The lowest BCUT2D eigenvalue weighted by Crippen LogP contribution is -2.33. The maximum Gasteiger partial charge on any atom is 0.410 e. The molecule has 0 spiro atoms. The highest BCUT2D eigenvalue weighted by Gasteiger charge is 2.32. The standard InChI is InChI=1S/C17H23NO2/c1-11-14(12-5-6-12)8-7-13-9-18(10-15(11)13)16(19)20-17(2,3)4/h7-8,12H,5-6,9-10H2,1-4H3. The molecule has 3 rings (SSSR count). The van der Waals surface area contributed by atoms with E-state index >= 15 is 0 Å². The molecule has 3 heteroatoms. The first-order valence-electron chi connectivity index (χ1n) is 7.44. The van der Waals surface area contributed by atoms with Crippen LogP contribution in [0.1, 0.15) is 61.8 Å². The smallest absolute Gasteiger partial charge is 0.410 e. The van der Waals surface area contributed by atoms with Crippen LogP contribution in [-0.4, -0.2) is 16.6 Å². The molecule has 0 bridgehead atoms. The van der Waals surface area contributed by atoms with Crippen molar-refractivity contribution >= 4 is 6.09 Å². The summed E-state index contributed by atoms with van der Waals surface area (Å²) >= 11 is 0. The highest BCUT2D eigenvalue weighted by Crippen LogP contribution is 2.43. The molecule has 1 aromatic rings. The van der Waals surface area contributed by atoms with Crippen LogP contribution in [0.15, 0.2) is 12.1 Å². The molecule has 20 heavy (non-hydrogen) atoms. The quantitative estimate of drug-likeness (QED) is 0.770.